The molecule has 0 bridgehead atoms. The summed E-state index contributed by atoms with van der Waals surface area (Å²) in [6.07, 6.45) is 6.52. The molecule has 4 aromatic carbocycles. The molecule has 0 spiro atoms. The van der Waals surface area contributed by atoms with Gasteiger partial charge < -0.3 is 15.0 Å². The van der Waals surface area contributed by atoms with Crippen molar-refractivity contribution in [3.63, 3.8) is 0 Å². The van der Waals surface area contributed by atoms with Crippen LogP contribution in [0.15, 0.2) is 109 Å². The van der Waals surface area contributed by atoms with Crippen LogP contribution in [0.5, 0.6) is 0 Å². The second kappa shape index (κ2) is 13.1. The topological polar surface area (TPSA) is 83.2 Å². The number of carbonyl (C=O) groups is 2. The zero-order valence-electron chi connectivity index (χ0n) is 25.4. The zero-order valence-corrected chi connectivity index (χ0v) is 25.4. The van der Waals surface area contributed by atoms with Gasteiger partial charge in [0.2, 0.25) is 5.91 Å². The minimum absolute atomic E-state index is 0.0610. The molecule has 7 rings (SSSR count). The summed E-state index contributed by atoms with van der Waals surface area (Å²) in [7, 11) is 0. The molecule has 6 nitrogen and oxygen atoms in total. The number of benzene rings is 4. The largest absolute Gasteiger partial charge is 0.459 e. The summed E-state index contributed by atoms with van der Waals surface area (Å²) in [5.74, 6) is -0.217. The van der Waals surface area contributed by atoms with Gasteiger partial charge in [-0.1, -0.05) is 122 Å². The number of esters is 1. The van der Waals surface area contributed by atoms with Gasteiger partial charge in [-0.05, 0) is 59.1 Å². The summed E-state index contributed by atoms with van der Waals surface area (Å²) < 4.78 is 5.79. The molecule has 1 aliphatic carbocycles. The molecule has 2 aliphatic rings. The number of hydrogen-bond donors (Lipinski definition) is 3. The Morgan fingerprint density at radius 2 is 1.44 bits per heavy atom. The molecule has 1 amide bonds. The summed E-state index contributed by atoms with van der Waals surface area (Å²) >= 11 is 0. The van der Waals surface area contributed by atoms with Crippen molar-refractivity contribution in [1.82, 2.24) is 15.6 Å². The van der Waals surface area contributed by atoms with E-state index < -0.39 is 18.1 Å². The first kappa shape index (κ1) is 29.1. The summed E-state index contributed by atoms with van der Waals surface area (Å²) in [4.78, 5) is 31.5. The Balaban J connectivity index is 1.16. The first-order valence-electron chi connectivity index (χ1n) is 16.2. The second-order valence-corrected chi connectivity index (χ2v) is 12.4. The predicted octanol–water partition coefficient (Wildman–Crippen LogP) is 7.57. The molecule has 1 fully saturated rings. The summed E-state index contributed by atoms with van der Waals surface area (Å²) in [6.45, 7) is 0.137. The van der Waals surface area contributed by atoms with Crippen molar-refractivity contribution in [3.05, 3.63) is 132 Å². The Hall–Kier alpha value is -4.68. The SMILES string of the molecule is O=C(OCc1ccccc1)C(NC(=O)[C@H]1Cc2c([nH]c3ccccc23)[C@@H](C2CCCCC2)N1)c1ccc(-c2ccccc2)cc1. The standard InChI is InChI=1S/C39H39N3O3/c43-38(34-24-32-31-18-10-11-19-33(31)40-37(32)35(41-34)29-16-8-3-9-17-29)42-36(39(44)45-25-26-12-4-1-5-13-26)30-22-20-28(21-23-30)27-14-6-2-7-15-27/h1-2,4-7,10-15,18-23,29,34-36,40-41H,3,8-9,16-17,24-25H2,(H,42,43)/t34-,35-,36?/m1/s1. The number of para-hydroxylation sites is 1. The van der Waals surface area contributed by atoms with Gasteiger partial charge in [-0.3, -0.25) is 10.1 Å². The van der Waals surface area contributed by atoms with E-state index in [1.165, 1.54) is 35.9 Å². The van der Waals surface area contributed by atoms with Crippen LogP contribution in [0.4, 0.5) is 0 Å². The summed E-state index contributed by atoms with van der Waals surface area (Å²) in [6, 6.07) is 34.5. The Morgan fingerprint density at radius 1 is 0.778 bits per heavy atom. The second-order valence-electron chi connectivity index (χ2n) is 12.4. The third-order valence-electron chi connectivity index (χ3n) is 9.48. The molecule has 6 heteroatoms. The van der Waals surface area contributed by atoms with E-state index in [0.717, 1.165) is 35.0 Å². The zero-order chi connectivity index (χ0) is 30.6. The van der Waals surface area contributed by atoms with Crippen molar-refractivity contribution in [2.75, 3.05) is 0 Å². The Kier molecular flexibility index (Phi) is 8.48. The highest BCUT2D eigenvalue weighted by Crippen LogP contribution is 2.40. The van der Waals surface area contributed by atoms with Gasteiger partial charge in [0.15, 0.2) is 6.04 Å². The van der Waals surface area contributed by atoms with E-state index in [4.69, 9.17) is 4.74 Å². The molecule has 1 saturated carbocycles. The molecule has 0 saturated heterocycles. The molecule has 3 N–H and O–H groups in total. The van der Waals surface area contributed by atoms with Crippen molar-refractivity contribution in [1.29, 1.82) is 0 Å². The lowest BCUT2D eigenvalue weighted by Gasteiger charge is -2.37. The van der Waals surface area contributed by atoms with Gasteiger partial charge in [0.25, 0.3) is 0 Å². The molecule has 1 aliphatic heterocycles. The number of amides is 1. The highest BCUT2D eigenvalue weighted by molar-refractivity contribution is 5.91. The van der Waals surface area contributed by atoms with Crippen LogP contribution in [-0.4, -0.2) is 22.9 Å². The van der Waals surface area contributed by atoms with Crippen LogP contribution in [0.3, 0.4) is 0 Å². The van der Waals surface area contributed by atoms with Crippen LogP contribution in [0.1, 0.15) is 66.6 Å². The fourth-order valence-corrected chi connectivity index (χ4v) is 7.11. The molecular formula is C39H39N3O3. The van der Waals surface area contributed by atoms with Crippen LogP contribution in [0.25, 0.3) is 22.0 Å². The predicted molar refractivity (Wildman–Crippen MR) is 177 cm³/mol. The van der Waals surface area contributed by atoms with Crippen LogP contribution in [-0.2, 0) is 27.4 Å². The Morgan fingerprint density at radius 3 is 2.20 bits per heavy atom. The average molecular weight is 598 g/mol. The Labute approximate surface area is 264 Å². The van der Waals surface area contributed by atoms with Gasteiger partial charge in [-0.2, -0.15) is 0 Å². The fourth-order valence-electron chi connectivity index (χ4n) is 7.11. The molecule has 1 aromatic heterocycles. The van der Waals surface area contributed by atoms with E-state index in [9.17, 15) is 9.59 Å². The van der Waals surface area contributed by atoms with E-state index >= 15 is 0 Å². The number of hydrogen-bond acceptors (Lipinski definition) is 4. The number of H-pyrrole nitrogens is 1. The van der Waals surface area contributed by atoms with Crippen molar-refractivity contribution < 1.29 is 14.3 Å². The smallest absolute Gasteiger partial charge is 0.333 e. The fraction of sp³-hybridized carbons (Fsp3) is 0.282. The molecule has 45 heavy (non-hydrogen) atoms. The van der Waals surface area contributed by atoms with Gasteiger partial charge in [0.1, 0.15) is 6.61 Å². The molecule has 5 aromatic rings. The van der Waals surface area contributed by atoms with Crippen molar-refractivity contribution >= 4 is 22.8 Å². The van der Waals surface area contributed by atoms with Gasteiger partial charge >= 0.3 is 5.97 Å². The molecule has 2 heterocycles. The normalized spacial score (nSPS) is 19.0. The van der Waals surface area contributed by atoms with E-state index in [1.807, 2.05) is 78.9 Å². The number of carbonyl (C=O) groups excluding carboxylic acids is 2. The van der Waals surface area contributed by atoms with E-state index in [2.05, 4.69) is 45.9 Å². The maximum absolute atomic E-state index is 14.2. The molecule has 3 atom stereocenters. The van der Waals surface area contributed by atoms with Crippen LogP contribution in [0, 0.1) is 5.92 Å². The van der Waals surface area contributed by atoms with Gasteiger partial charge in [0.05, 0.1) is 12.1 Å². The van der Waals surface area contributed by atoms with Crippen molar-refractivity contribution in [3.8, 4) is 11.1 Å². The number of nitrogens with one attached hydrogen (secondary N) is 3. The lowest BCUT2D eigenvalue weighted by atomic mass is 9.79. The number of aromatic nitrogens is 1. The lowest BCUT2D eigenvalue weighted by Crippen LogP contribution is -2.52. The maximum Gasteiger partial charge on any atom is 0.333 e. The van der Waals surface area contributed by atoms with Gasteiger partial charge in [-0.25, -0.2) is 4.79 Å². The summed E-state index contributed by atoms with van der Waals surface area (Å²) in [5.41, 5.74) is 7.23. The van der Waals surface area contributed by atoms with E-state index in [-0.39, 0.29) is 18.6 Å². The van der Waals surface area contributed by atoms with Gasteiger partial charge in [0, 0.05) is 16.6 Å². The first-order valence-corrected chi connectivity index (χ1v) is 16.2. The number of ether oxygens (including phenoxy) is 1. The third-order valence-corrected chi connectivity index (χ3v) is 9.48. The molecule has 228 valence electrons. The molecule has 0 radical (unpaired) electrons. The quantitative estimate of drug-likeness (QED) is 0.161. The van der Waals surface area contributed by atoms with Crippen LogP contribution in [0.2, 0.25) is 0 Å². The Bertz CT molecular complexity index is 1760. The lowest BCUT2D eigenvalue weighted by molar-refractivity contribution is -0.149. The minimum Gasteiger partial charge on any atom is -0.459 e. The highest BCUT2D eigenvalue weighted by Gasteiger charge is 2.38. The van der Waals surface area contributed by atoms with Crippen LogP contribution < -0.4 is 10.6 Å². The summed E-state index contributed by atoms with van der Waals surface area (Å²) in [5, 5.41) is 8.00. The molecular weight excluding hydrogens is 558 g/mol. The monoisotopic (exact) mass is 597 g/mol. The third kappa shape index (κ3) is 6.29. The van der Waals surface area contributed by atoms with Crippen LogP contribution >= 0.6 is 0 Å². The molecule has 1 unspecified atom stereocenters. The van der Waals surface area contributed by atoms with E-state index in [0.29, 0.717) is 17.9 Å². The van der Waals surface area contributed by atoms with E-state index in [1.54, 1.807) is 0 Å². The number of aromatic amines is 1. The van der Waals surface area contributed by atoms with Gasteiger partial charge in [-0.15, -0.1) is 0 Å². The first-order chi connectivity index (χ1) is 22.1. The maximum atomic E-state index is 14.2. The van der Waals surface area contributed by atoms with Crippen molar-refractivity contribution in [2.24, 2.45) is 5.92 Å². The average Bonchev–Trinajstić information content (AvgIpc) is 3.49. The number of rotatable bonds is 8. The highest BCUT2D eigenvalue weighted by atomic mass is 16.5. The van der Waals surface area contributed by atoms with Crippen molar-refractivity contribution in [2.45, 2.75) is 63.3 Å². The minimum atomic E-state index is -0.940. The number of fused-ring (bicyclic) bond motifs is 3.